The lowest BCUT2D eigenvalue weighted by Crippen LogP contribution is -2.30. The van der Waals surface area contributed by atoms with E-state index in [1.807, 2.05) is 32.0 Å². The van der Waals surface area contributed by atoms with Crippen LogP contribution in [0, 0.1) is 6.92 Å². The molecule has 6 nitrogen and oxygen atoms in total. The highest BCUT2D eigenvalue weighted by Gasteiger charge is 2.46. The van der Waals surface area contributed by atoms with Crippen LogP contribution in [0.15, 0.2) is 53.7 Å². The van der Waals surface area contributed by atoms with E-state index in [4.69, 9.17) is 9.57 Å². The summed E-state index contributed by atoms with van der Waals surface area (Å²) in [5, 5.41) is 3.96. The number of sulfonamides is 1. The van der Waals surface area contributed by atoms with E-state index in [2.05, 4.69) is 5.16 Å². The van der Waals surface area contributed by atoms with E-state index in [0.29, 0.717) is 17.9 Å². The Kier molecular flexibility index (Phi) is 10.3. The molecule has 0 amide bonds. The number of ether oxygens (including phenoxy) is 1. The van der Waals surface area contributed by atoms with Gasteiger partial charge in [0, 0.05) is 5.56 Å². The molecule has 172 valence electrons. The normalized spacial score (nSPS) is 11.9. The lowest BCUT2D eigenvalue weighted by molar-refractivity contribution is -0.0429. The second-order valence-corrected chi connectivity index (χ2v) is 7.66. The van der Waals surface area contributed by atoms with Gasteiger partial charge in [0.1, 0.15) is 12.4 Å². The first kappa shape index (κ1) is 26.3. The number of para-hydroxylation sites is 1. The van der Waals surface area contributed by atoms with Crippen molar-refractivity contribution in [3.05, 3.63) is 59.7 Å². The van der Waals surface area contributed by atoms with Crippen LogP contribution in [0.3, 0.4) is 0 Å². The van der Waals surface area contributed by atoms with Crippen molar-refractivity contribution in [2.75, 3.05) is 17.9 Å². The minimum absolute atomic E-state index is 0.105. The molecule has 0 saturated carbocycles. The van der Waals surface area contributed by atoms with Crippen LogP contribution in [-0.2, 0) is 14.9 Å². The van der Waals surface area contributed by atoms with Crippen LogP contribution in [0.4, 0.5) is 18.9 Å². The predicted molar refractivity (Wildman–Crippen MR) is 116 cm³/mol. The maximum atomic E-state index is 12.7. The third kappa shape index (κ3) is 8.12. The first-order valence-electron chi connectivity index (χ1n) is 9.71. The standard InChI is InChI=1S/C19H21F3N2O4S.C2H6/c1-3-17(23-28-12-11-27-15-7-5-4-6-8-15)16-13-14(2)9-10-18(16)24-29(25,26)19(20,21)22;1-2/h4-10,13,24H,3,11-12H2,1-2H3;1-2H3/b23-17+;. The molecule has 0 radical (unpaired) electrons. The van der Waals surface area contributed by atoms with Gasteiger partial charge in [-0.05, 0) is 37.6 Å². The quantitative estimate of drug-likeness (QED) is 0.305. The number of halogens is 3. The molecule has 10 heteroatoms. The molecule has 0 fully saturated rings. The van der Waals surface area contributed by atoms with Gasteiger partial charge in [-0.3, -0.25) is 4.72 Å². The lowest BCUT2D eigenvalue weighted by Gasteiger charge is -2.15. The van der Waals surface area contributed by atoms with Gasteiger partial charge in [-0.2, -0.15) is 21.6 Å². The number of nitrogens with zero attached hydrogens (tertiary/aromatic N) is 1. The predicted octanol–water partition coefficient (Wildman–Crippen LogP) is 5.49. The minimum atomic E-state index is -5.55. The van der Waals surface area contributed by atoms with E-state index < -0.39 is 15.5 Å². The number of oxime groups is 1. The lowest BCUT2D eigenvalue weighted by atomic mass is 10.0. The SMILES string of the molecule is CC.CC/C(=N\OCCOc1ccccc1)c1cc(C)ccc1NS(=O)(=O)C(F)(F)F. The van der Waals surface area contributed by atoms with E-state index in [9.17, 15) is 21.6 Å². The number of hydrogen-bond donors (Lipinski definition) is 1. The summed E-state index contributed by atoms with van der Waals surface area (Å²) in [6.45, 7) is 7.78. The van der Waals surface area contributed by atoms with E-state index in [0.717, 1.165) is 5.56 Å². The molecule has 0 unspecified atom stereocenters. The van der Waals surface area contributed by atoms with Gasteiger partial charge in [-0.15, -0.1) is 0 Å². The third-order valence-electron chi connectivity index (χ3n) is 3.73. The van der Waals surface area contributed by atoms with Crippen molar-refractivity contribution in [3.8, 4) is 5.75 Å². The maximum Gasteiger partial charge on any atom is 0.516 e. The molecular formula is C21H27F3N2O4S. The smallest absolute Gasteiger partial charge is 0.490 e. The molecule has 2 aromatic rings. The van der Waals surface area contributed by atoms with Gasteiger partial charge in [-0.25, -0.2) is 0 Å². The van der Waals surface area contributed by atoms with Crippen LogP contribution in [0.1, 0.15) is 38.3 Å². The maximum absolute atomic E-state index is 12.7. The Morgan fingerprint density at radius 2 is 1.71 bits per heavy atom. The molecule has 0 saturated heterocycles. The van der Waals surface area contributed by atoms with Crippen molar-refractivity contribution in [2.45, 2.75) is 39.6 Å². The molecule has 0 bridgehead atoms. The summed E-state index contributed by atoms with van der Waals surface area (Å²) in [6.07, 6.45) is 0.309. The molecule has 0 aliphatic rings. The molecule has 2 aromatic carbocycles. The van der Waals surface area contributed by atoms with Crippen molar-refractivity contribution in [1.82, 2.24) is 0 Å². The van der Waals surface area contributed by atoms with Gasteiger partial charge >= 0.3 is 15.5 Å². The van der Waals surface area contributed by atoms with E-state index in [-0.39, 0.29) is 24.5 Å². The van der Waals surface area contributed by atoms with Gasteiger partial charge in [0.2, 0.25) is 0 Å². The molecule has 1 N–H and O–H groups in total. The Morgan fingerprint density at radius 3 is 2.29 bits per heavy atom. The Morgan fingerprint density at radius 1 is 1.06 bits per heavy atom. The van der Waals surface area contributed by atoms with Crippen molar-refractivity contribution >= 4 is 21.4 Å². The van der Waals surface area contributed by atoms with Gasteiger partial charge in [0.25, 0.3) is 0 Å². The molecule has 0 aliphatic carbocycles. The van der Waals surface area contributed by atoms with Crippen LogP contribution in [0.5, 0.6) is 5.75 Å². The van der Waals surface area contributed by atoms with Crippen molar-refractivity contribution < 1.29 is 31.2 Å². The Bertz CT molecular complexity index is 947. The third-order valence-corrected chi connectivity index (χ3v) is 4.83. The summed E-state index contributed by atoms with van der Waals surface area (Å²) >= 11 is 0. The number of nitrogens with one attached hydrogen (secondary N) is 1. The Hall–Kier alpha value is -2.75. The van der Waals surface area contributed by atoms with Crippen LogP contribution < -0.4 is 9.46 Å². The number of aryl methyl sites for hydroxylation is 1. The number of benzene rings is 2. The average molecular weight is 461 g/mol. The summed E-state index contributed by atoms with van der Waals surface area (Å²) in [4.78, 5) is 5.22. The summed E-state index contributed by atoms with van der Waals surface area (Å²) in [5.74, 6) is 0.665. The van der Waals surface area contributed by atoms with E-state index >= 15 is 0 Å². The highest BCUT2D eigenvalue weighted by Crippen LogP contribution is 2.28. The summed E-state index contributed by atoms with van der Waals surface area (Å²) in [6, 6.07) is 13.4. The van der Waals surface area contributed by atoms with Gasteiger partial charge in [0.05, 0.1) is 11.4 Å². The molecule has 0 aromatic heterocycles. The van der Waals surface area contributed by atoms with Crippen LogP contribution >= 0.6 is 0 Å². The summed E-state index contributed by atoms with van der Waals surface area (Å²) < 4.78 is 68.2. The molecule has 2 rings (SSSR count). The van der Waals surface area contributed by atoms with Crippen molar-refractivity contribution in [3.63, 3.8) is 0 Å². The Balaban J connectivity index is 0.00000233. The molecule has 0 aliphatic heterocycles. The van der Waals surface area contributed by atoms with Gasteiger partial charge in [0.15, 0.2) is 6.61 Å². The minimum Gasteiger partial charge on any atom is -0.490 e. The fourth-order valence-electron chi connectivity index (χ4n) is 2.33. The second-order valence-electron chi connectivity index (χ2n) is 5.99. The van der Waals surface area contributed by atoms with Crippen molar-refractivity contribution in [2.24, 2.45) is 5.16 Å². The zero-order chi connectivity index (χ0) is 23.5. The first-order valence-corrected chi connectivity index (χ1v) is 11.2. The van der Waals surface area contributed by atoms with E-state index in [1.165, 1.54) is 12.1 Å². The number of alkyl halides is 3. The number of rotatable bonds is 9. The highest BCUT2D eigenvalue weighted by atomic mass is 32.2. The molecule has 0 spiro atoms. The first-order chi connectivity index (χ1) is 14.6. The van der Waals surface area contributed by atoms with Crippen LogP contribution in [0.25, 0.3) is 0 Å². The fourth-order valence-corrected chi connectivity index (χ4v) is 2.91. The van der Waals surface area contributed by atoms with Crippen LogP contribution in [-0.4, -0.2) is 32.9 Å². The molecule has 0 heterocycles. The van der Waals surface area contributed by atoms with Crippen molar-refractivity contribution in [1.29, 1.82) is 0 Å². The monoisotopic (exact) mass is 460 g/mol. The number of anilines is 1. The highest BCUT2D eigenvalue weighted by molar-refractivity contribution is 7.93. The largest absolute Gasteiger partial charge is 0.516 e. The molecule has 31 heavy (non-hydrogen) atoms. The zero-order valence-corrected chi connectivity index (χ0v) is 18.7. The van der Waals surface area contributed by atoms with Crippen LogP contribution in [0.2, 0.25) is 0 Å². The zero-order valence-electron chi connectivity index (χ0n) is 17.9. The Labute approximate surface area is 181 Å². The molecule has 0 atom stereocenters. The topological polar surface area (TPSA) is 77.0 Å². The number of hydrogen-bond acceptors (Lipinski definition) is 5. The second kappa shape index (κ2) is 12.2. The summed E-state index contributed by atoms with van der Waals surface area (Å²) in [7, 11) is -5.55. The van der Waals surface area contributed by atoms with Gasteiger partial charge in [-0.1, -0.05) is 55.8 Å². The van der Waals surface area contributed by atoms with Gasteiger partial charge < -0.3 is 9.57 Å². The fraction of sp³-hybridized carbons (Fsp3) is 0.381. The molecular weight excluding hydrogens is 433 g/mol. The van der Waals surface area contributed by atoms with E-state index in [1.54, 1.807) is 36.8 Å². The summed E-state index contributed by atoms with van der Waals surface area (Å²) in [5.41, 5.74) is -4.41. The average Bonchev–Trinajstić information content (AvgIpc) is 2.73.